The fourth-order valence-corrected chi connectivity index (χ4v) is 4.20. The van der Waals surface area contributed by atoms with E-state index in [4.69, 9.17) is 27.9 Å². The number of hydrogen-bond donors (Lipinski definition) is 3. The van der Waals surface area contributed by atoms with Crippen LogP contribution in [0, 0.1) is 0 Å². The highest BCUT2D eigenvalue weighted by atomic mass is 35.5. The highest BCUT2D eigenvalue weighted by molar-refractivity contribution is 6.34. The van der Waals surface area contributed by atoms with Crippen molar-refractivity contribution in [1.29, 1.82) is 0 Å². The topological polar surface area (TPSA) is 113 Å². The molecule has 0 saturated carbocycles. The van der Waals surface area contributed by atoms with Crippen LogP contribution < -0.4 is 16.0 Å². The van der Waals surface area contributed by atoms with E-state index >= 15 is 0 Å². The van der Waals surface area contributed by atoms with Gasteiger partial charge in [0.05, 0.1) is 11.6 Å². The van der Waals surface area contributed by atoms with Crippen molar-refractivity contribution in [3.63, 3.8) is 0 Å². The molecule has 2 saturated heterocycles. The summed E-state index contributed by atoms with van der Waals surface area (Å²) < 4.78 is 5.03. The van der Waals surface area contributed by atoms with Crippen molar-refractivity contribution in [2.75, 3.05) is 32.8 Å². The standard InChI is InChI=1S/C20H27Cl2N5O4/c1-2-31-19(30)27-11-5-13(6-12-27)24-18(29)20(7-9-23-10-8-20)26-17(28)16-14(21)3-4-15(22)25-16/h3-4,13,23H,2,5-12H2,1H3,(H,24,29)(H,26,28). The van der Waals surface area contributed by atoms with Gasteiger partial charge in [-0.15, -0.1) is 0 Å². The number of nitrogens with zero attached hydrogens (tertiary/aromatic N) is 2. The van der Waals surface area contributed by atoms with Gasteiger partial charge in [0.25, 0.3) is 5.91 Å². The van der Waals surface area contributed by atoms with Gasteiger partial charge in [-0.2, -0.15) is 0 Å². The molecule has 1 aromatic heterocycles. The average molecular weight is 472 g/mol. The van der Waals surface area contributed by atoms with Gasteiger partial charge in [0.15, 0.2) is 0 Å². The molecule has 3 rings (SSSR count). The van der Waals surface area contributed by atoms with Crippen LogP contribution in [0.1, 0.15) is 43.1 Å². The molecule has 3 heterocycles. The van der Waals surface area contributed by atoms with Crippen LogP contribution in [-0.2, 0) is 9.53 Å². The third-order valence-electron chi connectivity index (χ3n) is 5.63. The van der Waals surface area contributed by atoms with Gasteiger partial charge in [-0.1, -0.05) is 23.2 Å². The van der Waals surface area contributed by atoms with Gasteiger partial charge in [-0.05, 0) is 57.8 Å². The summed E-state index contributed by atoms with van der Waals surface area (Å²) in [7, 11) is 0. The normalized spacial score (nSPS) is 18.9. The van der Waals surface area contributed by atoms with Gasteiger partial charge in [0.1, 0.15) is 16.4 Å². The third kappa shape index (κ3) is 5.78. The van der Waals surface area contributed by atoms with Crippen molar-refractivity contribution in [3.05, 3.63) is 28.0 Å². The molecular weight excluding hydrogens is 445 g/mol. The predicted molar refractivity (Wildman–Crippen MR) is 116 cm³/mol. The minimum Gasteiger partial charge on any atom is -0.450 e. The van der Waals surface area contributed by atoms with E-state index in [9.17, 15) is 14.4 Å². The van der Waals surface area contributed by atoms with E-state index < -0.39 is 11.4 Å². The minimum atomic E-state index is -1.08. The molecule has 2 fully saturated rings. The van der Waals surface area contributed by atoms with E-state index in [1.54, 1.807) is 11.8 Å². The molecule has 11 heteroatoms. The summed E-state index contributed by atoms with van der Waals surface area (Å²) in [5.41, 5.74) is -1.09. The number of ether oxygens (including phenoxy) is 1. The minimum absolute atomic E-state index is 0.0115. The first-order valence-electron chi connectivity index (χ1n) is 10.4. The van der Waals surface area contributed by atoms with Crippen molar-refractivity contribution in [1.82, 2.24) is 25.8 Å². The van der Waals surface area contributed by atoms with E-state index in [0.29, 0.717) is 58.5 Å². The highest BCUT2D eigenvalue weighted by Crippen LogP contribution is 2.23. The number of likely N-dealkylation sites (tertiary alicyclic amines) is 1. The zero-order valence-corrected chi connectivity index (χ0v) is 18.9. The number of piperidine rings is 2. The SMILES string of the molecule is CCOC(=O)N1CCC(NC(=O)C2(NC(=O)c3nc(Cl)ccc3Cl)CCNCC2)CC1. The first-order valence-corrected chi connectivity index (χ1v) is 11.2. The Balaban J connectivity index is 1.66. The maximum atomic E-state index is 13.3. The van der Waals surface area contributed by atoms with Crippen LogP contribution in [0.2, 0.25) is 10.2 Å². The molecule has 0 aromatic carbocycles. The zero-order chi connectivity index (χ0) is 22.4. The number of hydrogen-bond acceptors (Lipinski definition) is 6. The second-order valence-electron chi connectivity index (χ2n) is 7.68. The largest absolute Gasteiger partial charge is 0.450 e. The fraction of sp³-hybridized carbons (Fsp3) is 0.600. The number of halogens is 2. The maximum absolute atomic E-state index is 13.3. The number of pyridine rings is 1. The summed E-state index contributed by atoms with van der Waals surface area (Å²) in [4.78, 5) is 43.7. The van der Waals surface area contributed by atoms with Crippen LogP contribution in [0.5, 0.6) is 0 Å². The van der Waals surface area contributed by atoms with Crippen LogP contribution in [0.25, 0.3) is 0 Å². The van der Waals surface area contributed by atoms with E-state index in [0.717, 1.165) is 0 Å². The van der Waals surface area contributed by atoms with Crippen LogP contribution in [0.15, 0.2) is 12.1 Å². The Kier molecular flexibility index (Phi) is 7.96. The second kappa shape index (κ2) is 10.5. The Morgan fingerprint density at radius 2 is 1.90 bits per heavy atom. The maximum Gasteiger partial charge on any atom is 0.409 e. The molecule has 170 valence electrons. The molecule has 31 heavy (non-hydrogen) atoms. The van der Waals surface area contributed by atoms with Gasteiger partial charge in [0.2, 0.25) is 5.91 Å². The van der Waals surface area contributed by atoms with Crippen LogP contribution in [0.3, 0.4) is 0 Å². The molecule has 0 aliphatic carbocycles. The van der Waals surface area contributed by atoms with Crippen LogP contribution >= 0.6 is 23.2 Å². The molecule has 0 radical (unpaired) electrons. The number of aromatic nitrogens is 1. The van der Waals surface area contributed by atoms with Crippen LogP contribution in [0.4, 0.5) is 4.79 Å². The van der Waals surface area contributed by atoms with Crippen molar-refractivity contribution in [2.24, 2.45) is 0 Å². The summed E-state index contributed by atoms with van der Waals surface area (Å²) in [5, 5.41) is 9.45. The predicted octanol–water partition coefficient (Wildman–Crippen LogP) is 1.98. The first-order chi connectivity index (χ1) is 14.8. The molecule has 3 amide bonds. The summed E-state index contributed by atoms with van der Waals surface area (Å²) in [6.07, 6.45) is 1.78. The molecule has 2 aliphatic rings. The second-order valence-corrected chi connectivity index (χ2v) is 8.48. The zero-order valence-electron chi connectivity index (χ0n) is 17.4. The average Bonchev–Trinajstić information content (AvgIpc) is 2.76. The summed E-state index contributed by atoms with van der Waals surface area (Å²) in [6.45, 7) is 4.29. The van der Waals surface area contributed by atoms with Gasteiger partial charge in [0, 0.05) is 19.1 Å². The van der Waals surface area contributed by atoms with Gasteiger partial charge < -0.3 is 25.6 Å². The van der Waals surface area contributed by atoms with E-state index in [2.05, 4.69) is 20.9 Å². The van der Waals surface area contributed by atoms with E-state index in [1.807, 2.05) is 0 Å². The quantitative estimate of drug-likeness (QED) is 0.565. The monoisotopic (exact) mass is 471 g/mol. The number of carbonyl (C=O) groups is 3. The highest BCUT2D eigenvalue weighted by Gasteiger charge is 2.42. The molecule has 3 N–H and O–H groups in total. The summed E-state index contributed by atoms with van der Waals surface area (Å²) >= 11 is 12.0. The van der Waals surface area contributed by atoms with Crippen molar-refractivity contribution >= 4 is 41.1 Å². The van der Waals surface area contributed by atoms with Crippen molar-refractivity contribution < 1.29 is 19.1 Å². The summed E-state index contributed by atoms with van der Waals surface area (Å²) in [6, 6.07) is 2.91. The molecule has 0 spiro atoms. The van der Waals surface area contributed by atoms with Crippen molar-refractivity contribution in [2.45, 2.75) is 44.2 Å². The Morgan fingerprint density at radius 1 is 1.23 bits per heavy atom. The third-order valence-corrected chi connectivity index (χ3v) is 6.14. The number of rotatable bonds is 5. The Labute approximate surface area is 191 Å². The lowest BCUT2D eigenvalue weighted by Crippen LogP contribution is -2.64. The molecule has 2 aliphatic heterocycles. The van der Waals surface area contributed by atoms with Gasteiger partial charge in [-0.25, -0.2) is 9.78 Å². The summed E-state index contributed by atoms with van der Waals surface area (Å²) in [5.74, 6) is -0.781. The molecule has 0 bridgehead atoms. The van der Waals surface area contributed by atoms with Gasteiger partial charge in [-0.3, -0.25) is 9.59 Å². The lowest BCUT2D eigenvalue weighted by Gasteiger charge is -2.39. The van der Waals surface area contributed by atoms with Crippen LogP contribution in [-0.4, -0.2) is 72.2 Å². The molecule has 0 unspecified atom stereocenters. The van der Waals surface area contributed by atoms with Gasteiger partial charge >= 0.3 is 6.09 Å². The molecular formula is C20H27Cl2N5O4. The lowest BCUT2D eigenvalue weighted by atomic mass is 9.86. The number of amides is 3. The molecule has 1 aromatic rings. The number of nitrogens with one attached hydrogen (secondary N) is 3. The molecule has 0 atom stereocenters. The lowest BCUT2D eigenvalue weighted by molar-refractivity contribution is -0.129. The van der Waals surface area contributed by atoms with Crippen molar-refractivity contribution in [3.8, 4) is 0 Å². The van der Waals surface area contributed by atoms with E-state index in [1.165, 1.54) is 12.1 Å². The number of carbonyl (C=O) groups excluding carboxylic acids is 3. The Morgan fingerprint density at radius 3 is 2.55 bits per heavy atom. The molecule has 9 nitrogen and oxygen atoms in total. The fourth-order valence-electron chi connectivity index (χ4n) is 3.86. The van der Waals surface area contributed by atoms with E-state index in [-0.39, 0.29) is 33.9 Å². The smallest absolute Gasteiger partial charge is 0.409 e. The Bertz CT molecular complexity index is 824. The first kappa shape index (κ1) is 23.6. The Hall–Kier alpha value is -2.10.